The topological polar surface area (TPSA) is 80.0 Å². The second-order valence-corrected chi connectivity index (χ2v) is 6.81. The van der Waals surface area contributed by atoms with Crippen molar-refractivity contribution in [3.05, 3.63) is 95.4 Å². The van der Waals surface area contributed by atoms with Crippen LogP contribution in [-0.2, 0) is 6.54 Å². The van der Waals surface area contributed by atoms with Gasteiger partial charge >= 0.3 is 5.97 Å². The van der Waals surface area contributed by atoms with Gasteiger partial charge in [0.25, 0.3) is 0 Å². The van der Waals surface area contributed by atoms with Crippen LogP contribution >= 0.6 is 11.6 Å². The van der Waals surface area contributed by atoms with Crippen LogP contribution < -0.4 is 5.32 Å². The predicted molar refractivity (Wildman–Crippen MR) is 113 cm³/mol. The number of carboxylic acid groups (broad SMARTS) is 1. The molecule has 0 amide bonds. The quantitative estimate of drug-likeness (QED) is 0.478. The Balaban J connectivity index is 1.71. The van der Waals surface area contributed by atoms with Gasteiger partial charge in [-0.05, 0) is 30.3 Å². The molecule has 144 valence electrons. The predicted octanol–water partition coefficient (Wildman–Crippen LogP) is 4.90. The molecule has 0 unspecified atom stereocenters. The summed E-state index contributed by atoms with van der Waals surface area (Å²) in [5.41, 5.74) is 4.18. The minimum atomic E-state index is -1.01. The number of aromatic carboxylic acids is 1. The molecule has 6 nitrogen and oxygen atoms in total. The van der Waals surface area contributed by atoms with E-state index < -0.39 is 5.97 Å². The minimum absolute atomic E-state index is 0.170. The van der Waals surface area contributed by atoms with E-state index in [2.05, 4.69) is 10.3 Å². The molecule has 0 saturated carbocycles. The molecule has 0 aliphatic heterocycles. The summed E-state index contributed by atoms with van der Waals surface area (Å²) in [7, 11) is 0. The van der Waals surface area contributed by atoms with Gasteiger partial charge in [0, 0.05) is 35.1 Å². The van der Waals surface area contributed by atoms with Crippen molar-refractivity contribution in [1.82, 2.24) is 14.8 Å². The second-order valence-electron chi connectivity index (χ2n) is 6.37. The Morgan fingerprint density at radius 1 is 1.07 bits per heavy atom. The van der Waals surface area contributed by atoms with Gasteiger partial charge in [-0.15, -0.1) is 0 Å². The van der Waals surface area contributed by atoms with Crippen LogP contribution in [0.5, 0.6) is 0 Å². The third-order valence-electron chi connectivity index (χ3n) is 4.45. The Morgan fingerprint density at radius 3 is 2.55 bits per heavy atom. The molecule has 0 saturated heterocycles. The van der Waals surface area contributed by atoms with Crippen molar-refractivity contribution in [2.24, 2.45) is 0 Å². The van der Waals surface area contributed by atoms with Crippen LogP contribution in [0.3, 0.4) is 0 Å². The van der Waals surface area contributed by atoms with Gasteiger partial charge in [-0.25, -0.2) is 9.48 Å². The third-order valence-corrected chi connectivity index (χ3v) is 4.70. The lowest BCUT2D eigenvalue weighted by atomic mass is 10.1. The normalized spacial score (nSPS) is 10.7. The molecule has 4 rings (SSSR count). The number of carbonyl (C=O) groups is 1. The van der Waals surface area contributed by atoms with E-state index in [0.717, 1.165) is 22.5 Å². The summed E-state index contributed by atoms with van der Waals surface area (Å²) in [5, 5.41) is 18.0. The fraction of sp³-hybridized carbons (Fsp3) is 0.0455. The van der Waals surface area contributed by atoms with Crippen LogP contribution in [0.15, 0.2) is 79.3 Å². The third kappa shape index (κ3) is 4.12. The average Bonchev–Trinajstić information content (AvgIpc) is 3.18. The maximum atomic E-state index is 11.4. The van der Waals surface area contributed by atoms with Crippen molar-refractivity contribution >= 4 is 23.3 Å². The van der Waals surface area contributed by atoms with Gasteiger partial charge in [0.2, 0.25) is 0 Å². The Hall–Kier alpha value is -3.64. The van der Waals surface area contributed by atoms with E-state index in [1.54, 1.807) is 0 Å². The van der Waals surface area contributed by atoms with Crippen LogP contribution in [0, 0.1) is 0 Å². The smallest absolute Gasteiger partial charge is 0.337 e. The van der Waals surface area contributed by atoms with Gasteiger partial charge in [0.15, 0.2) is 0 Å². The van der Waals surface area contributed by atoms with Crippen molar-refractivity contribution in [1.29, 1.82) is 0 Å². The number of nitrogens with zero attached hydrogens (tertiary/aromatic N) is 3. The van der Waals surface area contributed by atoms with E-state index in [-0.39, 0.29) is 5.56 Å². The highest BCUT2D eigenvalue weighted by molar-refractivity contribution is 6.30. The fourth-order valence-corrected chi connectivity index (χ4v) is 3.14. The molecule has 2 aromatic carbocycles. The van der Waals surface area contributed by atoms with E-state index >= 15 is 0 Å². The molecule has 2 heterocycles. The number of aromatic nitrogens is 3. The number of para-hydroxylation sites is 1. The van der Waals surface area contributed by atoms with E-state index in [1.807, 2.05) is 65.5 Å². The molecule has 0 fully saturated rings. The first-order valence-corrected chi connectivity index (χ1v) is 9.31. The van der Waals surface area contributed by atoms with E-state index in [0.29, 0.717) is 17.3 Å². The first kappa shape index (κ1) is 18.7. The first-order valence-electron chi connectivity index (χ1n) is 8.93. The number of carboxylic acids is 1. The summed E-state index contributed by atoms with van der Waals surface area (Å²) in [6, 6.07) is 18.7. The van der Waals surface area contributed by atoms with Gasteiger partial charge in [0.1, 0.15) is 0 Å². The highest BCUT2D eigenvalue weighted by Crippen LogP contribution is 2.26. The maximum absolute atomic E-state index is 11.4. The zero-order valence-corrected chi connectivity index (χ0v) is 16.0. The Kier molecular flexibility index (Phi) is 5.27. The highest BCUT2D eigenvalue weighted by Gasteiger charge is 2.14. The number of pyridine rings is 1. The number of hydrogen-bond donors (Lipinski definition) is 2. The Labute approximate surface area is 172 Å². The van der Waals surface area contributed by atoms with Crippen molar-refractivity contribution in [3.8, 4) is 16.9 Å². The van der Waals surface area contributed by atoms with Crippen molar-refractivity contribution in [2.45, 2.75) is 6.54 Å². The van der Waals surface area contributed by atoms with Gasteiger partial charge in [-0.1, -0.05) is 41.9 Å². The molecule has 2 N–H and O–H groups in total. The van der Waals surface area contributed by atoms with Gasteiger partial charge in [0.05, 0.1) is 28.8 Å². The number of benzene rings is 2. The molecule has 0 aliphatic rings. The summed E-state index contributed by atoms with van der Waals surface area (Å²) in [4.78, 5) is 15.5. The van der Waals surface area contributed by atoms with Crippen molar-refractivity contribution in [2.75, 3.05) is 5.32 Å². The van der Waals surface area contributed by atoms with E-state index in [4.69, 9.17) is 16.7 Å². The Morgan fingerprint density at radius 2 is 1.83 bits per heavy atom. The molecule has 7 heteroatoms. The summed E-state index contributed by atoms with van der Waals surface area (Å²) in [5.74, 6) is -1.01. The molecular weight excluding hydrogens is 388 g/mol. The maximum Gasteiger partial charge on any atom is 0.337 e. The SMILES string of the molecule is O=C(O)c1ccncc1NCc1cn(-c2ccccc2)nc1-c1ccc(Cl)cc1. The van der Waals surface area contributed by atoms with Crippen LogP contribution in [0.4, 0.5) is 5.69 Å². The van der Waals surface area contributed by atoms with Crippen molar-refractivity contribution in [3.63, 3.8) is 0 Å². The van der Waals surface area contributed by atoms with Gasteiger partial charge in [-0.3, -0.25) is 4.98 Å². The Bertz CT molecular complexity index is 1140. The number of hydrogen-bond acceptors (Lipinski definition) is 4. The molecule has 0 radical (unpaired) electrons. The molecule has 0 bridgehead atoms. The molecule has 29 heavy (non-hydrogen) atoms. The van der Waals surface area contributed by atoms with Crippen LogP contribution in [0.25, 0.3) is 16.9 Å². The molecule has 2 aromatic heterocycles. The fourth-order valence-electron chi connectivity index (χ4n) is 3.02. The second kappa shape index (κ2) is 8.16. The lowest BCUT2D eigenvalue weighted by molar-refractivity contribution is 0.0698. The molecular formula is C22H17ClN4O2. The molecule has 0 atom stereocenters. The average molecular weight is 405 g/mol. The standard InChI is InChI=1S/C22H17ClN4O2/c23-17-8-6-15(7-9-17)21-16(14-27(26-21)18-4-2-1-3-5-18)12-25-20-13-24-11-10-19(20)22(28)29/h1-11,13-14,25H,12H2,(H,28,29). The lowest BCUT2D eigenvalue weighted by Gasteiger charge is -2.09. The van der Waals surface area contributed by atoms with Crippen LogP contribution in [0.2, 0.25) is 5.02 Å². The van der Waals surface area contributed by atoms with Crippen LogP contribution in [0.1, 0.15) is 15.9 Å². The number of rotatable bonds is 6. The number of anilines is 1. The van der Waals surface area contributed by atoms with Crippen LogP contribution in [-0.4, -0.2) is 25.8 Å². The first-order chi connectivity index (χ1) is 14.1. The summed E-state index contributed by atoms with van der Waals surface area (Å²) < 4.78 is 1.81. The number of halogens is 1. The highest BCUT2D eigenvalue weighted by atomic mass is 35.5. The number of nitrogens with one attached hydrogen (secondary N) is 1. The molecule has 4 aromatic rings. The van der Waals surface area contributed by atoms with Gasteiger partial charge in [-0.2, -0.15) is 5.10 Å². The summed E-state index contributed by atoms with van der Waals surface area (Å²) >= 11 is 6.03. The van der Waals surface area contributed by atoms with Gasteiger partial charge < -0.3 is 10.4 Å². The zero-order chi connectivity index (χ0) is 20.2. The molecule has 0 aliphatic carbocycles. The largest absolute Gasteiger partial charge is 0.478 e. The minimum Gasteiger partial charge on any atom is -0.478 e. The van der Waals surface area contributed by atoms with Crippen molar-refractivity contribution < 1.29 is 9.90 Å². The van der Waals surface area contributed by atoms with E-state index in [9.17, 15) is 9.90 Å². The zero-order valence-electron chi connectivity index (χ0n) is 15.3. The lowest BCUT2D eigenvalue weighted by Crippen LogP contribution is -2.07. The van der Waals surface area contributed by atoms with E-state index in [1.165, 1.54) is 18.5 Å². The summed E-state index contributed by atoms with van der Waals surface area (Å²) in [6.07, 6.45) is 4.90. The monoisotopic (exact) mass is 404 g/mol. The summed E-state index contributed by atoms with van der Waals surface area (Å²) in [6.45, 7) is 0.386. The molecule has 0 spiro atoms.